The van der Waals surface area contributed by atoms with E-state index in [1.54, 1.807) is 17.0 Å². The molecule has 2 heterocycles. The van der Waals surface area contributed by atoms with Gasteiger partial charge in [0, 0.05) is 36.6 Å². The van der Waals surface area contributed by atoms with E-state index in [9.17, 15) is 14.0 Å². The molecule has 0 spiro atoms. The number of carbonyl (C=O) groups is 2. The van der Waals surface area contributed by atoms with E-state index in [1.807, 2.05) is 38.2 Å². The summed E-state index contributed by atoms with van der Waals surface area (Å²) in [7, 11) is 1.98. The van der Waals surface area contributed by atoms with Gasteiger partial charge in [0.15, 0.2) is 0 Å². The number of aromatic nitrogens is 1. The number of nitrogens with one attached hydrogen (secondary N) is 1. The van der Waals surface area contributed by atoms with Crippen molar-refractivity contribution in [3.05, 3.63) is 101 Å². The number of carbonyl (C=O) groups excluding carboxylic acids is 2. The lowest BCUT2D eigenvalue weighted by Gasteiger charge is -2.30. The van der Waals surface area contributed by atoms with Gasteiger partial charge in [-0.25, -0.2) is 4.39 Å². The molecule has 3 aromatic carbocycles. The Hall–Kier alpha value is -3.58. The van der Waals surface area contributed by atoms with Gasteiger partial charge in [-0.1, -0.05) is 71.9 Å². The molecule has 4 aromatic rings. The van der Waals surface area contributed by atoms with Gasteiger partial charge in [0.2, 0.25) is 11.8 Å². The van der Waals surface area contributed by atoms with Crippen molar-refractivity contribution in [2.45, 2.75) is 31.0 Å². The Balaban J connectivity index is 1.52. The third-order valence-electron chi connectivity index (χ3n) is 6.72. The minimum atomic E-state index is -0.764. The molecule has 0 fully saturated rings. The molecule has 0 saturated carbocycles. The van der Waals surface area contributed by atoms with Crippen LogP contribution in [0, 0.1) is 12.7 Å². The fraction of sp³-hybridized carbons (Fsp3) is 0.241. The minimum Gasteiger partial charge on any atom is -0.350 e. The third-order valence-corrected chi connectivity index (χ3v) is 7.88. The fourth-order valence-corrected chi connectivity index (χ4v) is 5.86. The van der Waals surface area contributed by atoms with Gasteiger partial charge in [0.05, 0.1) is 10.8 Å². The SMILES string of the molecule is Cc1ccc(CCN2C(=O)CSc3c(c4ccccc4n3C)[C@H]2C(=O)NCc2ccc(F)cc2)cc1. The Bertz CT molecular complexity index is 1410. The normalized spacial score (nSPS) is 15.6. The van der Waals surface area contributed by atoms with Crippen LogP contribution in [0.2, 0.25) is 0 Å². The summed E-state index contributed by atoms with van der Waals surface area (Å²) in [5, 5.41) is 4.92. The summed E-state index contributed by atoms with van der Waals surface area (Å²) in [5.74, 6) is -0.350. The molecule has 2 amide bonds. The van der Waals surface area contributed by atoms with Crippen LogP contribution < -0.4 is 5.32 Å². The van der Waals surface area contributed by atoms with Crippen molar-refractivity contribution in [3.8, 4) is 0 Å². The highest BCUT2D eigenvalue weighted by Crippen LogP contribution is 2.41. The second kappa shape index (κ2) is 10.2. The summed E-state index contributed by atoms with van der Waals surface area (Å²) in [5.41, 5.74) is 4.99. The first kappa shape index (κ1) is 24.1. The number of amides is 2. The molecule has 0 saturated heterocycles. The van der Waals surface area contributed by atoms with Crippen LogP contribution in [0.4, 0.5) is 4.39 Å². The molecular formula is C29H28FN3O2S. The summed E-state index contributed by atoms with van der Waals surface area (Å²) in [6, 6.07) is 21.6. The molecule has 5 nitrogen and oxygen atoms in total. The molecule has 1 N–H and O–H groups in total. The summed E-state index contributed by atoms with van der Waals surface area (Å²) in [4.78, 5) is 29.0. The standard InChI is InChI=1S/C29H28FN3O2S/c1-19-7-9-20(10-8-19)15-16-33-25(34)18-36-29-26(23-5-3-4-6-24(23)32(29)2)27(33)28(35)31-17-21-11-13-22(30)14-12-21/h3-14,27H,15-18H2,1-2H3,(H,31,35)/t27-/m0/s1. The van der Waals surface area contributed by atoms with Crippen LogP contribution >= 0.6 is 11.8 Å². The Morgan fingerprint density at radius 3 is 2.47 bits per heavy atom. The number of hydrogen-bond donors (Lipinski definition) is 1. The first-order chi connectivity index (χ1) is 17.4. The van der Waals surface area contributed by atoms with Gasteiger partial charge in [0.25, 0.3) is 0 Å². The molecule has 5 rings (SSSR count). The van der Waals surface area contributed by atoms with E-state index in [-0.39, 0.29) is 29.9 Å². The van der Waals surface area contributed by atoms with Gasteiger partial charge in [-0.05, 0) is 42.7 Å². The highest BCUT2D eigenvalue weighted by molar-refractivity contribution is 8.00. The Labute approximate surface area is 214 Å². The van der Waals surface area contributed by atoms with Crippen molar-refractivity contribution >= 4 is 34.5 Å². The van der Waals surface area contributed by atoms with E-state index < -0.39 is 6.04 Å². The number of benzene rings is 3. The first-order valence-corrected chi connectivity index (χ1v) is 13.0. The summed E-state index contributed by atoms with van der Waals surface area (Å²) in [6.45, 7) is 2.73. The highest BCUT2D eigenvalue weighted by Gasteiger charge is 2.38. The maximum atomic E-state index is 13.8. The van der Waals surface area contributed by atoms with E-state index in [2.05, 4.69) is 34.1 Å². The van der Waals surface area contributed by atoms with Crippen molar-refractivity contribution in [3.63, 3.8) is 0 Å². The van der Waals surface area contributed by atoms with Crippen molar-refractivity contribution in [2.75, 3.05) is 12.3 Å². The van der Waals surface area contributed by atoms with Crippen LogP contribution in [-0.2, 0) is 29.6 Å². The zero-order chi connectivity index (χ0) is 25.2. The zero-order valence-electron chi connectivity index (χ0n) is 20.3. The van der Waals surface area contributed by atoms with Gasteiger partial charge >= 0.3 is 0 Å². The number of rotatable bonds is 6. The lowest BCUT2D eigenvalue weighted by atomic mass is 10.0. The second-order valence-electron chi connectivity index (χ2n) is 9.15. The average Bonchev–Trinajstić information content (AvgIpc) is 3.07. The maximum Gasteiger partial charge on any atom is 0.247 e. The van der Waals surface area contributed by atoms with Crippen molar-refractivity contribution in [2.24, 2.45) is 7.05 Å². The van der Waals surface area contributed by atoms with Crippen LogP contribution in [0.5, 0.6) is 0 Å². The molecule has 0 radical (unpaired) electrons. The Morgan fingerprint density at radius 1 is 1.03 bits per heavy atom. The molecule has 0 aliphatic carbocycles. The lowest BCUT2D eigenvalue weighted by molar-refractivity contribution is -0.138. The van der Waals surface area contributed by atoms with Gasteiger partial charge in [-0.15, -0.1) is 0 Å². The van der Waals surface area contributed by atoms with Crippen LogP contribution in [-0.4, -0.2) is 33.6 Å². The van der Waals surface area contributed by atoms with Gasteiger partial charge in [-0.2, -0.15) is 0 Å². The molecule has 36 heavy (non-hydrogen) atoms. The number of para-hydroxylation sites is 1. The minimum absolute atomic E-state index is 0.0608. The number of fused-ring (bicyclic) bond motifs is 3. The highest BCUT2D eigenvalue weighted by atomic mass is 32.2. The monoisotopic (exact) mass is 501 g/mol. The van der Waals surface area contributed by atoms with Crippen LogP contribution in [0.1, 0.15) is 28.3 Å². The van der Waals surface area contributed by atoms with Gasteiger partial charge < -0.3 is 14.8 Å². The number of nitrogens with zero attached hydrogens (tertiary/aromatic N) is 2. The molecule has 1 aliphatic heterocycles. The molecule has 0 bridgehead atoms. The Morgan fingerprint density at radius 2 is 1.72 bits per heavy atom. The molecular weight excluding hydrogens is 473 g/mol. The van der Waals surface area contributed by atoms with E-state index >= 15 is 0 Å². The number of aryl methyl sites for hydroxylation is 2. The van der Waals surface area contributed by atoms with Crippen LogP contribution in [0.3, 0.4) is 0 Å². The lowest BCUT2D eigenvalue weighted by Crippen LogP contribution is -2.44. The number of thioether (sulfide) groups is 1. The summed E-state index contributed by atoms with van der Waals surface area (Å²) in [6.07, 6.45) is 0.651. The summed E-state index contributed by atoms with van der Waals surface area (Å²) < 4.78 is 15.4. The van der Waals surface area contributed by atoms with E-state index in [0.717, 1.165) is 32.6 Å². The van der Waals surface area contributed by atoms with Gasteiger partial charge in [-0.3, -0.25) is 9.59 Å². The largest absolute Gasteiger partial charge is 0.350 e. The second-order valence-corrected chi connectivity index (χ2v) is 10.1. The van der Waals surface area contributed by atoms with Gasteiger partial charge in [0.1, 0.15) is 11.9 Å². The van der Waals surface area contributed by atoms with E-state index in [0.29, 0.717) is 13.0 Å². The molecule has 0 unspecified atom stereocenters. The quantitative estimate of drug-likeness (QED) is 0.397. The van der Waals surface area contributed by atoms with Crippen molar-refractivity contribution in [1.82, 2.24) is 14.8 Å². The molecule has 7 heteroatoms. The molecule has 1 aromatic heterocycles. The predicted octanol–water partition coefficient (Wildman–Crippen LogP) is 5.16. The molecule has 1 atom stereocenters. The fourth-order valence-electron chi connectivity index (χ4n) is 4.77. The van der Waals surface area contributed by atoms with E-state index in [4.69, 9.17) is 0 Å². The average molecular weight is 502 g/mol. The van der Waals surface area contributed by atoms with Crippen molar-refractivity contribution in [1.29, 1.82) is 0 Å². The van der Waals surface area contributed by atoms with Crippen LogP contribution in [0.25, 0.3) is 10.9 Å². The topological polar surface area (TPSA) is 54.3 Å². The molecule has 184 valence electrons. The number of hydrogen-bond acceptors (Lipinski definition) is 3. The van der Waals surface area contributed by atoms with Crippen molar-refractivity contribution < 1.29 is 14.0 Å². The third kappa shape index (κ3) is 4.75. The van der Waals surface area contributed by atoms with E-state index in [1.165, 1.54) is 29.5 Å². The Kier molecular flexibility index (Phi) is 6.83. The first-order valence-electron chi connectivity index (χ1n) is 12.0. The maximum absolute atomic E-state index is 13.8. The predicted molar refractivity (Wildman–Crippen MR) is 141 cm³/mol. The molecule has 1 aliphatic rings. The number of halogens is 1. The van der Waals surface area contributed by atoms with Crippen LogP contribution in [0.15, 0.2) is 77.8 Å². The summed E-state index contributed by atoms with van der Waals surface area (Å²) >= 11 is 1.48. The smallest absolute Gasteiger partial charge is 0.247 e. The zero-order valence-corrected chi connectivity index (χ0v) is 21.1.